The molecule has 1 atom stereocenters. The van der Waals surface area contributed by atoms with Gasteiger partial charge in [0.25, 0.3) is 5.91 Å². The van der Waals surface area contributed by atoms with Crippen LogP contribution in [-0.4, -0.2) is 55.8 Å². The number of hydrogen-bond donors (Lipinski definition) is 1. The molecule has 4 rings (SSSR count). The van der Waals surface area contributed by atoms with Crippen molar-refractivity contribution >= 4 is 17.2 Å². The lowest BCUT2D eigenvalue weighted by Gasteiger charge is -2.37. The lowest BCUT2D eigenvalue weighted by Crippen LogP contribution is -2.55. The summed E-state index contributed by atoms with van der Waals surface area (Å²) in [6.45, 7) is 5.35. The second kappa shape index (κ2) is 7.74. The number of hydrogen-bond acceptors (Lipinski definition) is 5. The first kappa shape index (κ1) is 17.5. The van der Waals surface area contributed by atoms with Gasteiger partial charge in [0.2, 0.25) is 0 Å². The summed E-state index contributed by atoms with van der Waals surface area (Å²) in [6, 6.07) is 4.03. The van der Waals surface area contributed by atoms with E-state index in [1.807, 2.05) is 6.07 Å². The van der Waals surface area contributed by atoms with Gasteiger partial charge in [-0.1, -0.05) is 12.8 Å². The molecule has 0 spiro atoms. The summed E-state index contributed by atoms with van der Waals surface area (Å²) in [6.07, 6.45) is 6.96. The molecule has 2 saturated heterocycles. The fourth-order valence-electron chi connectivity index (χ4n) is 4.31. The number of nitrogens with zero attached hydrogens (tertiary/aromatic N) is 1. The molecule has 3 fully saturated rings. The Balaban J connectivity index is 1.41. The van der Waals surface area contributed by atoms with E-state index in [2.05, 4.69) is 16.3 Å². The zero-order valence-corrected chi connectivity index (χ0v) is 15.6. The molecule has 0 unspecified atom stereocenters. The molecule has 3 heterocycles. The highest BCUT2D eigenvalue weighted by atomic mass is 32.1. The summed E-state index contributed by atoms with van der Waals surface area (Å²) in [5.74, 6) is 0.0874. The molecule has 5 nitrogen and oxygen atoms in total. The Labute approximate surface area is 153 Å². The largest absolute Gasteiger partial charge is 0.379 e. The average Bonchev–Trinajstić information content (AvgIpc) is 3.37. The van der Waals surface area contributed by atoms with Crippen LogP contribution in [0.25, 0.3) is 0 Å². The summed E-state index contributed by atoms with van der Waals surface area (Å²) >= 11 is 1.60. The van der Waals surface area contributed by atoms with Crippen molar-refractivity contribution in [3.8, 4) is 0 Å². The molecule has 0 bridgehead atoms. The van der Waals surface area contributed by atoms with Crippen molar-refractivity contribution in [2.45, 2.75) is 50.2 Å². The Morgan fingerprint density at radius 2 is 2.00 bits per heavy atom. The van der Waals surface area contributed by atoms with Crippen LogP contribution in [0.15, 0.2) is 12.1 Å². The molecule has 1 aliphatic carbocycles. The van der Waals surface area contributed by atoms with Crippen molar-refractivity contribution < 1.29 is 14.3 Å². The minimum absolute atomic E-state index is 0.0670. The fourth-order valence-corrected chi connectivity index (χ4v) is 5.30. The lowest BCUT2D eigenvalue weighted by atomic mass is 9.96. The molecule has 1 amide bonds. The third-order valence-electron chi connectivity index (χ3n) is 5.67. The van der Waals surface area contributed by atoms with Crippen molar-refractivity contribution in [3.63, 3.8) is 0 Å². The number of amides is 1. The SMILES string of the molecule is O=C(NC1(CN2CCOCC2)CCCC1)c1ccc([C@H]2CCCO2)s1. The quantitative estimate of drug-likeness (QED) is 0.873. The van der Waals surface area contributed by atoms with Gasteiger partial charge in [-0.3, -0.25) is 9.69 Å². The van der Waals surface area contributed by atoms with Crippen LogP contribution in [0.3, 0.4) is 0 Å². The smallest absolute Gasteiger partial charge is 0.261 e. The standard InChI is InChI=1S/C19H28N2O3S/c22-18(17-6-5-16(25-17)15-4-3-11-24-15)20-19(7-1-2-8-19)14-21-9-12-23-13-10-21/h5-6,15H,1-4,7-14H2,(H,20,22)/t15-/m1/s1. The van der Waals surface area contributed by atoms with Gasteiger partial charge in [-0.25, -0.2) is 0 Å². The molecule has 1 aromatic heterocycles. The maximum absolute atomic E-state index is 12.9. The van der Waals surface area contributed by atoms with Crippen LogP contribution in [0.5, 0.6) is 0 Å². The van der Waals surface area contributed by atoms with E-state index in [1.165, 1.54) is 17.7 Å². The van der Waals surface area contributed by atoms with Gasteiger partial charge in [-0.05, 0) is 37.8 Å². The Morgan fingerprint density at radius 3 is 2.72 bits per heavy atom. The van der Waals surface area contributed by atoms with Crippen LogP contribution in [0.1, 0.15) is 59.2 Å². The molecule has 138 valence electrons. The second-order valence-electron chi connectivity index (χ2n) is 7.53. The number of ether oxygens (including phenoxy) is 2. The molecule has 25 heavy (non-hydrogen) atoms. The Bertz CT molecular complexity index is 585. The molecule has 2 aliphatic heterocycles. The van der Waals surface area contributed by atoms with Gasteiger partial charge in [0.15, 0.2) is 0 Å². The molecular formula is C19H28N2O3S. The molecule has 6 heteroatoms. The first-order valence-electron chi connectivity index (χ1n) is 9.58. The van der Waals surface area contributed by atoms with Gasteiger partial charge < -0.3 is 14.8 Å². The predicted octanol–water partition coefficient (Wildman–Crippen LogP) is 2.97. The number of nitrogens with one attached hydrogen (secondary N) is 1. The minimum atomic E-state index is -0.0670. The minimum Gasteiger partial charge on any atom is -0.379 e. The van der Waals surface area contributed by atoms with Gasteiger partial charge in [0, 0.05) is 31.1 Å². The second-order valence-corrected chi connectivity index (χ2v) is 8.65. The summed E-state index contributed by atoms with van der Waals surface area (Å²) in [7, 11) is 0. The van der Waals surface area contributed by atoms with E-state index in [0.717, 1.165) is 70.0 Å². The number of carbonyl (C=O) groups excluding carboxylic acids is 1. The van der Waals surface area contributed by atoms with E-state index >= 15 is 0 Å². The van der Waals surface area contributed by atoms with Crippen molar-refractivity contribution in [1.29, 1.82) is 0 Å². The van der Waals surface area contributed by atoms with Crippen molar-refractivity contribution in [2.75, 3.05) is 39.5 Å². The van der Waals surface area contributed by atoms with Gasteiger partial charge in [-0.2, -0.15) is 0 Å². The zero-order chi connectivity index (χ0) is 17.1. The lowest BCUT2D eigenvalue weighted by molar-refractivity contribution is 0.0238. The van der Waals surface area contributed by atoms with Crippen molar-refractivity contribution in [2.24, 2.45) is 0 Å². The first-order chi connectivity index (χ1) is 12.2. The van der Waals surface area contributed by atoms with E-state index in [-0.39, 0.29) is 17.6 Å². The van der Waals surface area contributed by atoms with E-state index in [4.69, 9.17) is 9.47 Å². The maximum atomic E-state index is 12.9. The average molecular weight is 365 g/mol. The Hall–Kier alpha value is -0.950. The van der Waals surface area contributed by atoms with Crippen LogP contribution in [-0.2, 0) is 9.47 Å². The zero-order valence-electron chi connectivity index (χ0n) is 14.8. The number of morpholine rings is 1. The number of thiophene rings is 1. The maximum Gasteiger partial charge on any atom is 0.261 e. The molecule has 1 aromatic rings. The fraction of sp³-hybridized carbons (Fsp3) is 0.737. The third kappa shape index (κ3) is 4.08. The molecule has 1 saturated carbocycles. The van der Waals surface area contributed by atoms with Gasteiger partial charge in [0.05, 0.1) is 29.7 Å². The summed E-state index contributed by atoms with van der Waals surface area (Å²) < 4.78 is 11.2. The predicted molar refractivity (Wildman–Crippen MR) is 98.2 cm³/mol. The number of rotatable bonds is 5. The van der Waals surface area contributed by atoms with E-state index in [0.29, 0.717) is 0 Å². The van der Waals surface area contributed by atoms with Gasteiger partial charge in [0.1, 0.15) is 0 Å². The van der Waals surface area contributed by atoms with Crippen LogP contribution in [0.2, 0.25) is 0 Å². The van der Waals surface area contributed by atoms with Crippen molar-refractivity contribution in [1.82, 2.24) is 10.2 Å². The van der Waals surface area contributed by atoms with Gasteiger partial charge in [-0.15, -0.1) is 11.3 Å². The summed E-state index contributed by atoms with van der Waals surface area (Å²) in [5.41, 5.74) is -0.0670. The van der Waals surface area contributed by atoms with Crippen LogP contribution in [0, 0.1) is 0 Å². The highest BCUT2D eigenvalue weighted by Gasteiger charge is 2.37. The normalized spacial score (nSPS) is 26.8. The van der Waals surface area contributed by atoms with Crippen LogP contribution >= 0.6 is 11.3 Å². The first-order valence-corrected chi connectivity index (χ1v) is 10.4. The Kier molecular flexibility index (Phi) is 5.41. The summed E-state index contributed by atoms with van der Waals surface area (Å²) in [4.78, 5) is 17.3. The monoisotopic (exact) mass is 364 g/mol. The topological polar surface area (TPSA) is 50.8 Å². The van der Waals surface area contributed by atoms with E-state index in [9.17, 15) is 4.79 Å². The highest BCUT2D eigenvalue weighted by molar-refractivity contribution is 7.14. The molecule has 3 aliphatic rings. The van der Waals surface area contributed by atoms with Crippen LogP contribution < -0.4 is 5.32 Å². The van der Waals surface area contributed by atoms with Crippen molar-refractivity contribution in [3.05, 3.63) is 21.9 Å². The molecule has 1 N–H and O–H groups in total. The third-order valence-corrected chi connectivity index (χ3v) is 6.84. The Morgan fingerprint density at radius 1 is 1.20 bits per heavy atom. The molecular weight excluding hydrogens is 336 g/mol. The van der Waals surface area contributed by atoms with Gasteiger partial charge >= 0.3 is 0 Å². The molecule has 0 radical (unpaired) electrons. The van der Waals surface area contributed by atoms with Crippen LogP contribution in [0.4, 0.5) is 0 Å². The van der Waals surface area contributed by atoms with E-state index in [1.54, 1.807) is 11.3 Å². The van der Waals surface area contributed by atoms with E-state index < -0.39 is 0 Å². The number of carbonyl (C=O) groups is 1. The summed E-state index contributed by atoms with van der Waals surface area (Å²) in [5, 5.41) is 3.41. The molecule has 0 aromatic carbocycles. The highest BCUT2D eigenvalue weighted by Crippen LogP contribution is 2.35.